The Hall–Kier alpha value is -5.62. The van der Waals surface area contributed by atoms with Gasteiger partial charge in [0.1, 0.15) is 48.3 Å². The average Bonchev–Trinajstić information content (AvgIpc) is 3.36. The zero-order valence-corrected chi connectivity index (χ0v) is 46.5. The molecule has 77 heavy (non-hydrogen) atoms. The minimum absolute atomic E-state index is 0.0636. The zero-order valence-electron chi connectivity index (χ0n) is 44.9. The first-order valence-electron chi connectivity index (χ1n) is 25.9. The van der Waals surface area contributed by atoms with E-state index in [1.54, 1.807) is 55.0 Å². The molecule has 0 saturated carbocycles. The van der Waals surface area contributed by atoms with E-state index in [2.05, 4.69) is 67.0 Å². The standard InChI is InChI=1S/C49H84N14O12S2/c1-26(2)16-21-76-77-25-31(53)41(67)62-40(29(6)65)49(75)55-24-38(66)56-35-15-20-54-48(74)39(28(5)64)63-45(71)34(14-19-52)58-42(68)32(12-17-50)59-46(72)36(22-27(3)4)60-47(73)37(23-30-10-8-7-9-11-30)61-43(69)33(13-18-51)57-44(35)70/h7-11,26-29,31-37,39-40,64-65H,12-25,50-53H2,1-6H3,(H,54,74)(H,55,75)(H,56,66)(H,57,70)(H,58,68)(H,59,72)(H,60,73)(H,61,69)(H,62,67)(H,63,71)/t28-,29-,31-,32+,33+,34+,35+,36+,37-,39+,40+/m1/s1. The van der Waals surface area contributed by atoms with Gasteiger partial charge in [0.25, 0.3) is 0 Å². The van der Waals surface area contributed by atoms with Gasteiger partial charge in [0, 0.05) is 24.5 Å². The minimum atomic E-state index is -1.65. The van der Waals surface area contributed by atoms with Crippen LogP contribution in [0.1, 0.15) is 85.6 Å². The summed E-state index contributed by atoms with van der Waals surface area (Å²) in [5.41, 5.74) is 24.2. The maximum atomic E-state index is 14.3. The fourth-order valence-electron chi connectivity index (χ4n) is 7.54. The monoisotopic (exact) mass is 1120 g/mol. The van der Waals surface area contributed by atoms with Gasteiger partial charge in [-0.15, -0.1) is 0 Å². The molecule has 1 heterocycles. The first-order valence-corrected chi connectivity index (χ1v) is 28.4. The Morgan fingerprint density at radius 3 is 1.68 bits per heavy atom. The maximum absolute atomic E-state index is 14.3. The number of hydrogen-bond donors (Lipinski definition) is 16. The van der Waals surface area contributed by atoms with Crippen LogP contribution in [0.25, 0.3) is 0 Å². The summed E-state index contributed by atoms with van der Waals surface area (Å²) in [6.07, 6.45) is -2.90. The summed E-state index contributed by atoms with van der Waals surface area (Å²) in [6.45, 7) is 8.62. The largest absolute Gasteiger partial charge is 0.391 e. The lowest BCUT2D eigenvalue weighted by Gasteiger charge is -2.28. The molecule has 0 radical (unpaired) electrons. The van der Waals surface area contributed by atoms with Crippen LogP contribution in [-0.4, -0.2) is 180 Å². The summed E-state index contributed by atoms with van der Waals surface area (Å²) in [6, 6.07) is -4.03. The summed E-state index contributed by atoms with van der Waals surface area (Å²) < 4.78 is 0. The van der Waals surface area contributed by atoms with Crippen molar-refractivity contribution in [3.63, 3.8) is 0 Å². The van der Waals surface area contributed by atoms with Crippen molar-refractivity contribution in [3.8, 4) is 0 Å². The molecule has 28 heteroatoms. The van der Waals surface area contributed by atoms with Gasteiger partial charge in [-0.2, -0.15) is 0 Å². The van der Waals surface area contributed by atoms with Crippen LogP contribution in [0.4, 0.5) is 0 Å². The topological polar surface area (TPSA) is 436 Å². The number of benzene rings is 1. The number of rotatable bonds is 24. The van der Waals surface area contributed by atoms with Crippen LogP contribution in [0.2, 0.25) is 0 Å². The molecule has 20 N–H and O–H groups in total. The second-order valence-corrected chi connectivity index (χ2v) is 22.3. The first-order chi connectivity index (χ1) is 36.4. The van der Waals surface area contributed by atoms with Gasteiger partial charge in [0.15, 0.2) is 0 Å². The number of carbonyl (C=O) groups excluding carboxylic acids is 10. The smallest absolute Gasteiger partial charge is 0.245 e. The van der Waals surface area contributed by atoms with Crippen LogP contribution in [-0.2, 0) is 54.4 Å². The van der Waals surface area contributed by atoms with Gasteiger partial charge in [-0.3, -0.25) is 47.9 Å². The van der Waals surface area contributed by atoms with Crippen molar-refractivity contribution in [2.45, 2.75) is 153 Å². The van der Waals surface area contributed by atoms with Crippen molar-refractivity contribution in [2.75, 3.05) is 44.2 Å². The normalized spacial score (nSPS) is 23.4. The second-order valence-electron chi connectivity index (χ2n) is 19.6. The van der Waals surface area contributed by atoms with Crippen LogP contribution in [0.3, 0.4) is 0 Å². The van der Waals surface area contributed by atoms with Crippen LogP contribution in [0.5, 0.6) is 0 Å². The van der Waals surface area contributed by atoms with Gasteiger partial charge in [-0.1, -0.05) is 79.6 Å². The van der Waals surface area contributed by atoms with E-state index in [9.17, 15) is 58.2 Å². The van der Waals surface area contributed by atoms with Gasteiger partial charge in [-0.05, 0) is 89.4 Å². The van der Waals surface area contributed by atoms with Gasteiger partial charge in [-0.25, -0.2) is 0 Å². The number of aliphatic hydroxyl groups is 2. The zero-order chi connectivity index (χ0) is 57.8. The average molecular weight is 1130 g/mol. The van der Waals surface area contributed by atoms with Crippen LogP contribution in [0, 0.1) is 11.8 Å². The third-order valence-electron chi connectivity index (χ3n) is 11.9. The van der Waals surface area contributed by atoms with Crippen molar-refractivity contribution in [3.05, 3.63) is 35.9 Å². The molecule has 0 unspecified atom stereocenters. The molecule has 434 valence electrons. The molecular weight excluding hydrogens is 1040 g/mol. The molecule has 1 fully saturated rings. The quantitative estimate of drug-likeness (QED) is 0.0342. The molecule has 1 saturated heterocycles. The predicted molar refractivity (Wildman–Crippen MR) is 292 cm³/mol. The Morgan fingerprint density at radius 2 is 1.16 bits per heavy atom. The Bertz CT molecular complexity index is 2090. The van der Waals surface area contributed by atoms with Gasteiger partial charge in [0.2, 0.25) is 59.1 Å². The summed E-state index contributed by atoms with van der Waals surface area (Å²) in [5.74, 6) is -7.51. The minimum Gasteiger partial charge on any atom is -0.391 e. The Kier molecular flexibility index (Phi) is 31.3. The second kappa shape index (κ2) is 35.7. The number of aliphatic hydroxyl groups excluding tert-OH is 2. The highest BCUT2D eigenvalue weighted by Crippen LogP contribution is 2.24. The number of hydrogen-bond acceptors (Lipinski definition) is 18. The van der Waals surface area contributed by atoms with E-state index in [0.717, 1.165) is 12.2 Å². The fraction of sp³-hybridized carbons (Fsp3) is 0.673. The lowest BCUT2D eigenvalue weighted by Crippen LogP contribution is -2.61. The molecule has 0 aliphatic carbocycles. The van der Waals surface area contributed by atoms with Crippen molar-refractivity contribution in [1.29, 1.82) is 0 Å². The molecule has 1 aromatic rings. The lowest BCUT2D eigenvalue weighted by atomic mass is 10.00. The molecular formula is C49H84N14O12S2. The SMILES string of the molecule is CC(C)CCSSC[C@@H](N)C(=O)N[C@H](C(=O)NCC(=O)N[C@H]1CCNC(=O)[C@H]([C@@H](C)O)NC(=O)[C@H](CCN)NC(=O)[C@H](CCN)NC(=O)[C@H](CC(C)C)NC(=O)[C@@H](Cc2ccccc2)NC(=O)[C@H](CCN)NC1=O)[C@@H](C)O. The molecule has 0 bridgehead atoms. The Labute approximate surface area is 458 Å². The van der Waals surface area contributed by atoms with E-state index < -0.39 is 145 Å². The van der Waals surface area contributed by atoms with E-state index in [0.29, 0.717) is 11.5 Å². The third-order valence-corrected chi connectivity index (χ3v) is 14.4. The highest BCUT2D eigenvalue weighted by atomic mass is 33.1. The maximum Gasteiger partial charge on any atom is 0.245 e. The Balaban J connectivity index is 2.58. The highest BCUT2D eigenvalue weighted by Gasteiger charge is 2.36. The van der Waals surface area contributed by atoms with Crippen molar-refractivity contribution < 1.29 is 58.2 Å². The van der Waals surface area contributed by atoms with Crippen molar-refractivity contribution in [2.24, 2.45) is 34.8 Å². The molecule has 1 aromatic carbocycles. The molecule has 0 spiro atoms. The van der Waals surface area contributed by atoms with Crippen molar-refractivity contribution >= 4 is 80.7 Å². The molecule has 0 aromatic heterocycles. The molecule has 2 rings (SSSR count). The number of amides is 10. The molecule has 1 aliphatic heterocycles. The van der Waals surface area contributed by atoms with E-state index in [1.165, 1.54) is 24.6 Å². The number of nitrogens with one attached hydrogen (secondary N) is 10. The van der Waals surface area contributed by atoms with Crippen LogP contribution >= 0.6 is 21.6 Å². The molecule has 10 amide bonds. The van der Waals surface area contributed by atoms with Gasteiger partial charge in [0.05, 0.1) is 24.8 Å². The summed E-state index contributed by atoms with van der Waals surface area (Å²) in [4.78, 5) is 138. The van der Waals surface area contributed by atoms with Crippen LogP contribution < -0.4 is 76.1 Å². The number of carbonyl (C=O) groups is 10. The van der Waals surface area contributed by atoms with E-state index >= 15 is 0 Å². The Morgan fingerprint density at radius 1 is 0.649 bits per heavy atom. The fourth-order valence-corrected chi connectivity index (χ4v) is 9.99. The van der Waals surface area contributed by atoms with E-state index in [-0.39, 0.29) is 63.4 Å². The summed E-state index contributed by atoms with van der Waals surface area (Å²) in [5, 5.41) is 46.3. The van der Waals surface area contributed by atoms with Crippen molar-refractivity contribution in [1.82, 2.24) is 53.2 Å². The van der Waals surface area contributed by atoms with Crippen LogP contribution in [0.15, 0.2) is 30.3 Å². The van der Waals surface area contributed by atoms with E-state index in [1.807, 2.05) is 0 Å². The third kappa shape index (κ3) is 25.2. The summed E-state index contributed by atoms with van der Waals surface area (Å²) >= 11 is 0. The lowest BCUT2D eigenvalue weighted by molar-refractivity contribution is -0.136. The molecule has 11 atom stereocenters. The van der Waals surface area contributed by atoms with Gasteiger partial charge < -0.3 is 86.3 Å². The molecule has 26 nitrogen and oxygen atoms in total. The first kappa shape index (κ1) is 67.5. The molecule has 1 aliphatic rings. The van der Waals surface area contributed by atoms with Gasteiger partial charge >= 0.3 is 0 Å². The predicted octanol–water partition coefficient (Wildman–Crippen LogP) is -4.65. The highest BCUT2D eigenvalue weighted by molar-refractivity contribution is 8.76. The van der Waals surface area contributed by atoms with E-state index in [4.69, 9.17) is 22.9 Å². The summed E-state index contributed by atoms with van der Waals surface area (Å²) in [7, 11) is 2.94. The number of nitrogens with two attached hydrogens (primary N) is 4.